The highest BCUT2D eigenvalue weighted by Crippen LogP contribution is 2.26. The van der Waals surface area contributed by atoms with Crippen molar-refractivity contribution in [2.24, 2.45) is 5.73 Å². The third-order valence-corrected chi connectivity index (χ3v) is 3.51. The van der Waals surface area contributed by atoms with E-state index in [4.69, 9.17) is 10.5 Å². The van der Waals surface area contributed by atoms with E-state index in [1.807, 2.05) is 0 Å². The molecule has 1 aliphatic carbocycles. The van der Waals surface area contributed by atoms with Crippen molar-refractivity contribution in [3.63, 3.8) is 0 Å². The van der Waals surface area contributed by atoms with Crippen LogP contribution in [0.3, 0.4) is 0 Å². The number of hydrogen-bond acceptors (Lipinski definition) is 2. The van der Waals surface area contributed by atoms with Crippen LogP contribution in [0.5, 0.6) is 0 Å². The van der Waals surface area contributed by atoms with Crippen molar-refractivity contribution >= 4 is 0 Å². The maximum atomic E-state index is 13.4. The zero-order chi connectivity index (χ0) is 13.0. The van der Waals surface area contributed by atoms with Gasteiger partial charge in [-0.15, -0.1) is 0 Å². The molecule has 0 saturated heterocycles. The summed E-state index contributed by atoms with van der Waals surface area (Å²) < 4.78 is 31.6. The summed E-state index contributed by atoms with van der Waals surface area (Å²) in [5.74, 6) is -1.14. The Morgan fingerprint density at radius 2 is 1.89 bits per heavy atom. The van der Waals surface area contributed by atoms with Gasteiger partial charge < -0.3 is 10.5 Å². The molecule has 1 fully saturated rings. The molecule has 0 atom stereocenters. The van der Waals surface area contributed by atoms with Crippen molar-refractivity contribution in [1.29, 1.82) is 0 Å². The number of rotatable bonds is 4. The fourth-order valence-corrected chi connectivity index (χ4v) is 2.40. The van der Waals surface area contributed by atoms with Crippen LogP contribution < -0.4 is 5.73 Å². The Bertz CT molecular complexity index is 403. The van der Waals surface area contributed by atoms with Gasteiger partial charge in [0.1, 0.15) is 11.6 Å². The molecular formula is C14H19F2NO. The van der Waals surface area contributed by atoms with E-state index in [1.165, 1.54) is 18.6 Å². The number of benzene rings is 1. The first-order valence-electron chi connectivity index (χ1n) is 6.40. The van der Waals surface area contributed by atoms with Crippen molar-refractivity contribution in [3.8, 4) is 0 Å². The standard InChI is InChI=1S/C14H19F2NO/c15-12-5-4-11(13(16)8-12)9-18-10-14(17)6-2-1-3-7-14/h4-5,8H,1-3,6-7,9-10,17H2. The Balaban J connectivity index is 1.84. The lowest BCUT2D eigenvalue weighted by Crippen LogP contribution is -2.46. The van der Waals surface area contributed by atoms with Crippen molar-refractivity contribution < 1.29 is 13.5 Å². The van der Waals surface area contributed by atoms with Crippen LogP contribution in [-0.4, -0.2) is 12.1 Å². The predicted octanol–water partition coefficient (Wildman–Crippen LogP) is 3.14. The molecule has 1 aromatic carbocycles. The molecule has 1 aromatic rings. The van der Waals surface area contributed by atoms with E-state index in [1.54, 1.807) is 0 Å². The molecule has 100 valence electrons. The maximum absolute atomic E-state index is 13.4. The molecule has 0 amide bonds. The van der Waals surface area contributed by atoms with Crippen LogP contribution in [0, 0.1) is 11.6 Å². The Morgan fingerprint density at radius 1 is 1.17 bits per heavy atom. The van der Waals surface area contributed by atoms with Gasteiger partial charge in [0.25, 0.3) is 0 Å². The first-order valence-corrected chi connectivity index (χ1v) is 6.40. The fraction of sp³-hybridized carbons (Fsp3) is 0.571. The normalized spacial score (nSPS) is 18.8. The van der Waals surface area contributed by atoms with Crippen LogP contribution in [0.15, 0.2) is 18.2 Å². The lowest BCUT2D eigenvalue weighted by Gasteiger charge is -2.33. The van der Waals surface area contributed by atoms with Gasteiger partial charge in [-0.1, -0.05) is 25.3 Å². The summed E-state index contributed by atoms with van der Waals surface area (Å²) in [4.78, 5) is 0. The van der Waals surface area contributed by atoms with Crippen molar-refractivity contribution in [1.82, 2.24) is 0 Å². The highest BCUT2D eigenvalue weighted by Gasteiger charge is 2.27. The summed E-state index contributed by atoms with van der Waals surface area (Å²) in [6.45, 7) is 0.578. The highest BCUT2D eigenvalue weighted by molar-refractivity contribution is 5.17. The largest absolute Gasteiger partial charge is 0.375 e. The smallest absolute Gasteiger partial charge is 0.131 e. The predicted molar refractivity (Wildman–Crippen MR) is 66.0 cm³/mol. The van der Waals surface area contributed by atoms with Crippen LogP contribution in [0.4, 0.5) is 8.78 Å². The van der Waals surface area contributed by atoms with Gasteiger partial charge in [-0.3, -0.25) is 0 Å². The van der Waals surface area contributed by atoms with Gasteiger partial charge in [0.2, 0.25) is 0 Å². The highest BCUT2D eigenvalue weighted by atomic mass is 19.1. The average molecular weight is 255 g/mol. The van der Waals surface area contributed by atoms with Gasteiger partial charge in [0.05, 0.1) is 13.2 Å². The Kier molecular flexibility index (Phi) is 4.30. The molecule has 18 heavy (non-hydrogen) atoms. The zero-order valence-corrected chi connectivity index (χ0v) is 10.4. The summed E-state index contributed by atoms with van der Waals surface area (Å²) in [6, 6.07) is 3.52. The summed E-state index contributed by atoms with van der Waals surface area (Å²) in [6.07, 6.45) is 5.40. The molecule has 0 bridgehead atoms. The summed E-state index contributed by atoms with van der Waals surface area (Å²) >= 11 is 0. The second-order valence-corrected chi connectivity index (χ2v) is 5.15. The molecule has 0 radical (unpaired) electrons. The second kappa shape index (κ2) is 5.76. The number of nitrogens with two attached hydrogens (primary N) is 1. The molecule has 1 saturated carbocycles. The molecule has 4 heteroatoms. The Hall–Kier alpha value is -1.00. The van der Waals surface area contributed by atoms with Crippen LogP contribution >= 0.6 is 0 Å². The van der Waals surface area contributed by atoms with Gasteiger partial charge in [0.15, 0.2) is 0 Å². The van der Waals surface area contributed by atoms with Crippen LogP contribution in [0.2, 0.25) is 0 Å². The third-order valence-electron chi connectivity index (χ3n) is 3.51. The van der Waals surface area contributed by atoms with E-state index in [0.717, 1.165) is 31.7 Å². The molecule has 0 spiro atoms. The molecule has 0 aromatic heterocycles. The van der Waals surface area contributed by atoms with Crippen LogP contribution in [-0.2, 0) is 11.3 Å². The van der Waals surface area contributed by atoms with E-state index in [-0.39, 0.29) is 12.1 Å². The molecule has 0 heterocycles. The van der Waals surface area contributed by atoms with E-state index >= 15 is 0 Å². The van der Waals surface area contributed by atoms with Gasteiger partial charge in [0, 0.05) is 17.2 Å². The van der Waals surface area contributed by atoms with E-state index in [9.17, 15) is 8.78 Å². The quantitative estimate of drug-likeness (QED) is 0.897. The first-order chi connectivity index (χ1) is 8.59. The summed E-state index contributed by atoms with van der Waals surface area (Å²) in [5, 5.41) is 0. The lowest BCUT2D eigenvalue weighted by atomic mass is 9.83. The van der Waals surface area contributed by atoms with E-state index in [0.29, 0.717) is 12.2 Å². The first kappa shape index (κ1) is 13.4. The average Bonchev–Trinajstić information content (AvgIpc) is 2.33. The number of hydrogen-bond donors (Lipinski definition) is 1. The van der Waals surface area contributed by atoms with E-state index in [2.05, 4.69) is 0 Å². The minimum atomic E-state index is -0.571. The number of halogens is 2. The second-order valence-electron chi connectivity index (χ2n) is 5.15. The van der Waals surface area contributed by atoms with Gasteiger partial charge >= 0.3 is 0 Å². The fourth-order valence-electron chi connectivity index (χ4n) is 2.40. The van der Waals surface area contributed by atoms with Crippen LogP contribution in [0.25, 0.3) is 0 Å². The SMILES string of the molecule is NC1(COCc2ccc(F)cc2F)CCCCC1. The molecule has 2 rings (SSSR count). The lowest BCUT2D eigenvalue weighted by molar-refractivity contribution is 0.0560. The monoisotopic (exact) mass is 255 g/mol. The maximum Gasteiger partial charge on any atom is 0.131 e. The zero-order valence-electron chi connectivity index (χ0n) is 10.4. The summed E-state index contributed by atoms with van der Waals surface area (Å²) in [7, 11) is 0. The van der Waals surface area contributed by atoms with Crippen LogP contribution in [0.1, 0.15) is 37.7 Å². The number of ether oxygens (including phenoxy) is 1. The van der Waals surface area contributed by atoms with Crippen molar-refractivity contribution in [2.75, 3.05) is 6.61 Å². The van der Waals surface area contributed by atoms with Gasteiger partial charge in [-0.2, -0.15) is 0 Å². The van der Waals surface area contributed by atoms with Gasteiger partial charge in [-0.05, 0) is 18.9 Å². The van der Waals surface area contributed by atoms with Crippen molar-refractivity contribution in [2.45, 2.75) is 44.2 Å². The molecule has 1 aliphatic rings. The Labute approximate surface area is 106 Å². The molecule has 0 unspecified atom stereocenters. The van der Waals surface area contributed by atoms with Gasteiger partial charge in [-0.25, -0.2) is 8.78 Å². The molecule has 0 aliphatic heterocycles. The topological polar surface area (TPSA) is 35.2 Å². The minimum Gasteiger partial charge on any atom is -0.375 e. The minimum absolute atomic E-state index is 0.144. The van der Waals surface area contributed by atoms with E-state index < -0.39 is 11.6 Å². The third kappa shape index (κ3) is 3.50. The van der Waals surface area contributed by atoms with Crippen molar-refractivity contribution in [3.05, 3.63) is 35.4 Å². The molecule has 2 nitrogen and oxygen atoms in total. The summed E-state index contributed by atoms with van der Waals surface area (Å²) in [5.41, 5.74) is 6.31. The Morgan fingerprint density at radius 3 is 2.56 bits per heavy atom. The molecule has 2 N–H and O–H groups in total. The molecular weight excluding hydrogens is 236 g/mol.